The van der Waals surface area contributed by atoms with Gasteiger partial charge in [-0.05, 0) is 59.5 Å². The minimum absolute atomic E-state index is 0.0252. The van der Waals surface area contributed by atoms with Crippen LogP contribution < -0.4 is 24.6 Å². The van der Waals surface area contributed by atoms with Crippen LogP contribution in [-0.4, -0.2) is 71.5 Å². The molecule has 11 nitrogen and oxygen atoms in total. The van der Waals surface area contributed by atoms with Gasteiger partial charge in [-0.1, -0.05) is 0 Å². The van der Waals surface area contributed by atoms with E-state index in [1.165, 1.54) is 0 Å². The molecule has 0 saturated carbocycles. The SMILES string of the molecule is C[C@@H]1CCC(=O)N1c1ccc2c(c1)OC(C)(C)c1nc(Nc3cnc4c(c3)N(C(=O)CN(C)C)CCO4)ncc1-2. The number of aromatic nitrogens is 3. The first-order chi connectivity index (χ1) is 19.1. The quantitative estimate of drug-likeness (QED) is 0.514. The Morgan fingerprint density at radius 1 is 1.18 bits per heavy atom. The Kier molecular flexibility index (Phi) is 6.33. The van der Waals surface area contributed by atoms with E-state index in [0.29, 0.717) is 48.5 Å². The van der Waals surface area contributed by atoms with Gasteiger partial charge < -0.3 is 29.5 Å². The third-order valence-corrected chi connectivity index (χ3v) is 7.43. The second kappa shape index (κ2) is 9.74. The molecule has 6 rings (SSSR count). The first kappa shape index (κ1) is 26.0. The number of benzene rings is 1. The van der Waals surface area contributed by atoms with Gasteiger partial charge in [-0.25, -0.2) is 15.0 Å². The van der Waals surface area contributed by atoms with Gasteiger partial charge in [0.1, 0.15) is 23.6 Å². The molecule has 0 unspecified atom stereocenters. The molecular formula is C29H33N7O4. The molecule has 0 spiro atoms. The summed E-state index contributed by atoms with van der Waals surface area (Å²) in [6.07, 6.45) is 4.85. The lowest BCUT2D eigenvalue weighted by Gasteiger charge is -2.34. The number of hydrogen-bond acceptors (Lipinski definition) is 9. The van der Waals surface area contributed by atoms with E-state index in [1.807, 2.05) is 62.0 Å². The molecule has 11 heteroatoms. The molecular weight excluding hydrogens is 510 g/mol. The van der Waals surface area contributed by atoms with Gasteiger partial charge in [0.2, 0.25) is 23.6 Å². The summed E-state index contributed by atoms with van der Waals surface area (Å²) >= 11 is 0. The molecule has 2 amide bonds. The molecule has 1 N–H and O–H groups in total. The molecule has 3 aromatic rings. The van der Waals surface area contributed by atoms with Crippen molar-refractivity contribution in [3.63, 3.8) is 0 Å². The Bertz CT molecular complexity index is 1510. The normalized spacial score (nSPS) is 18.9. The fourth-order valence-electron chi connectivity index (χ4n) is 5.53. The number of pyridine rings is 1. The first-order valence-electron chi connectivity index (χ1n) is 13.5. The Morgan fingerprint density at radius 3 is 2.75 bits per heavy atom. The topological polar surface area (TPSA) is 113 Å². The summed E-state index contributed by atoms with van der Waals surface area (Å²) in [5, 5.41) is 3.23. The molecule has 0 bridgehead atoms. The van der Waals surface area contributed by atoms with Crippen LogP contribution in [0.2, 0.25) is 0 Å². The van der Waals surface area contributed by atoms with Crippen molar-refractivity contribution < 1.29 is 19.1 Å². The standard InChI is InChI=1S/C29H33N7O4/c1-17-6-9-24(37)36(17)19-7-8-20-21-15-31-28(33-26(21)29(2,3)40-23(20)13-19)32-18-12-22-27(30-14-18)39-11-10-35(22)25(38)16-34(4)5/h7-8,12-15,17H,6,9-11,16H2,1-5H3,(H,31,32,33)/t17-/m1/s1. The first-order valence-corrected chi connectivity index (χ1v) is 13.5. The summed E-state index contributed by atoms with van der Waals surface area (Å²) in [6.45, 7) is 7.14. The number of amides is 2. The Morgan fingerprint density at radius 2 is 2.00 bits per heavy atom. The number of fused-ring (bicyclic) bond motifs is 4. The largest absolute Gasteiger partial charge is 0.481 e. The van der Waals surface area contributed by atoms with Crippen LogP contribution >= 0.6 is 0 Å². The molecule has 3 aliphatic rings. The number of hydrogen-bond donors (Lipinski definition) is 1. The van der Waals surface area contributed by atoms with Crippen molar-refractivity contribution in [2.45, 2.75) is 45.3 Å². The van der Waals surface area contributed by atoms with Crippen LogP contribution in [0.25, 0.3) is 11.1 Å². The zero-order chi connectivity index (χ0) is 28.2. The highest BCUT2D eigenvalue weighted by Gasteiger charge is 2.36. The molecule has 40 heavy (non-hydrogen) atoms. The van der Waals surface area contributed by atoms with Crippen LogP contribution in [0.5, 0.6) is 11.6 Å². The Balaban J connectivity index is 1.29. The number of carbonyl (C=O) groups is 2. The molecule has 1 fully saturated rings. The summed E-state index contributed by atoms with van der Waals surface area (Å²) in [5.41, 5.74) is 3.85. The summed E-state index contributed by atoms with van der Waals surface area (Å²) in [6, 6.07) is 7.86. The molecule has 3 aliphatic heterocycles. The molecule has 1 atom stereocenters. The van der Waals surface area contributed by atoms with Crippen LogP contribution in [0.3, 0.4) is 0 Å². The summed E-state index contributed by atoms with van der Waals surface area (Å²) in [5.74, 6) is 1.62. The molecule has 5 heterocycles. The molecule has 0 radical (unpaired) electrons. The van der Waals surface area contributed by atoms with Gasteiger partial charge >= 0.3 is 0 Å². The van der Waals surface area contributed by atoms with Crippen LogP contribution in [0, 0.1) is 0 Å². The lowest BCUT2D eigenvalue weighted by molar-refractivity contribution is -0.119. The second-order valence-corrected chi connectivity index (χ2v) is 11.2. The number of nitrogens with one attached hydrogen (secondary N) is 1. The molecule has 1 aromatic carbocycles. The zero-order valence-electron chi connectivity index (χ0n) is 23.4. The average Bonchev–Trinajstić information content (AvgIpc) is 3.25. The highest BCUT2D eigenvalue weighted by atomic mass is 16.5. The zero-order valence-corrected chi connectivity index (χ0v) is 23.4. The molecule has 2 aromatic heterocycles. The predicted molar refractivity (Wildman–Crippen MR) is 151 cm³/mol. The van der Waals surface area contributed by atoms with Crippen LogP contribution in [0.15, 0.2) is 36.7 Å². The molecule has 1 saturated heterocycles. The van der Waals surface area contributed by atoms with Crippen molar-refractivity contribution in [1.29, 1.82) is 0 Å². The summed E-state index contributed by atoms with van der Waals surface area (Å²) < 4.78 is 12.1. The van der Waals surface area contributed by atoms with Crippen LogP contribution in [-0.2, 0) is 15.2 Å². The van der Waals surface area contributed by atoms with Gasteiger partial charge in [-0.15, -0.1) is 0 Å². The van der Waals surface area contributed by atoms with E-state index in [1.54, 1.807) is 17.3 Å². The van der Waals surface area contributed by atoms with Gasteiger partial charge in [0.05, 0.1) is 30.7 Å². The van der Waals surface area contributed by atoms with Crippen molar-refractivity contribution in [2.75, 3.05) is 48.9 Å². The molecule has 208 valence electrons. The number of anilines is 4. The fraction of sp³-hybridized carbons (Fsp3) is 0.414. The lowest BCUT2D eigenvalue weighted by Crippen LogP contribution is -2.42. The number of carbonyl (C=O) groups excluding carboxylic acids is 2. The lowest BCUT2D eigenvalue weighted by atomic mass is 9.91. The smallest absolute Gasteiger partial charge is 0.241 e. The number of nitrogens with zero attached hydrogens (tertiary/aromatic N) is 6. The Labute approximate surface area is 233 Å². The van der Waals surface area contributed by atoms with E-state index >= 15 is 0 Å². The van der Waals surface area contributed by atoms with E-state index in [-0.39, 0.29) is 24.4 Å². The van der Waals surface area contributed by atoms with Crippen LogP contribution in [0.1, 0.15) is 39.3 Å². The van der Waals surface area contributed by atoms with E-state index in [2.05, 4.69) is 22.2 Å². The summed E-state index contributed by atoms with van der Waals surface area (Å²) in [7, 11) is 3.72. The number of likely N-dealkylation sites (N-methyl/N-ethyl adjacent to an activating group) is 1. The van der Waals surface area contributed by atoms with Gasteiger partial charge in [0.25, 0.3) is 0 Å². The maximum absolute atomic E-state index is 12.8. The fourth-order valence-corrected chi connectivity index (χ4v) is 5.53. The van der Waals surface area contributed by atoms with E-state index in [4.69, 9.17) is 14.5 Å². The minimum Gasteiger partial charge on any atom is -0.481 e. The van der Waals surface area contributed by atoms with Crippen molar-refractivity contribution in [3.8, 4) is 22.8 Å². The van der Waals surface area contributed by atoms with Crippen molar-refractivity contribution in [3.05, 3.63) is 42.4 Å². The molecule has 0 aliphatic carbocycles. The van der Waals surface area contributed by atoms with E-state index in [0.717, 1.165) is 28.9 Å². The average molecular weight is 544 g/mol. The third kappa shape index (κ3) is 4.60. The van der Waals surface area contributed by atoms with Crippen molar-refractivity contribution in [2.24, 2.45) is 0 Å². The van der Waals surface area contributed by atoms with E-state index in [9.17, 15) is 9.59 Å². The van der Waals surface area contributed by atoms with Gasteiger partial charge in [0.15, 0.2) is 0 Å². The van der Waals surface area contributed by atoms with Gasteiger partial charge in [-0.3, -0.25) is 9.59 Å². The maximum atomic E-state index is 12.8. The highest BCUT2D eigenvalue weighted by Crippen LogP contribution is 2.46. The number of ether oxygens (including phenoxy) is 2. The minimum atomic E-state index is -0.738. The second-order valence-electron chi connectivity index (χ2n) is 11.2. The van der Waals surface area contributed by atoms with Crippen LogP contribution in [0.4, 0.5) is 23.0 Å². The highest BCUT2D eigenvalue weighted by molar-refractivity contribution is 5.97. The maximum Gasteiger partial charge on any atom is 0.241 e. The van der Waals surface area contributed by atoms with Gasteiger partial charge in [-0.2, -0.15) is 0 Å². The monoisotopic (exact) mass is 543 g/mol. The number of rotatable bonds is 5. The predicted octanol–water partition coefficient (Wildman–Crippen LogP) is 3.71. The van der Waals surface area contributed by atoms with Crippen molar-refractivity contribution in [1.82, 2.24) is 19.9 Å². The van der Waals surface area contributed by atoms with Crippen molar-refractivity contribution >= 4 is 34.8 Å². The third-order valence-electron chi connectivity index (χ3n) is 7.43. The summed E-state index contributed by atoms with van der Waals surface area (Å²) in [4.78, 5) is 44.5. The van der Waals surface area contributed by atoms with E-state index < -0.39 is 5.60 Å². The Hall–Kier alpha value is -4.25. The van der Waals surface area contributed by atoms with Gasteiger partial charge in [0, 0.05) is 41.5 Å².